The molecule has 0 saturated carbocycles. The van der Waals surface area contributed by atoms with Crippen LogP contribution in [0.5, 0.6) is 0 Å². The number of ether oxygens (including phenoxy) is 1. The van der Waals surface area contributed by atoms with Crippen molar-refractivity contribution in [1.29, 1.82) is 0 Å². The smallest absolute Gasteiger partial charge is 0.307 e. The van der Waals surface area contributed by atoms with Gasteiger partial charge in [-0.1, -0.05) is 0 Å². The molecule has 5 nitrogen and oxygen atoms in total. The van der Waals surface area contributed by atoms with Gasteiger partial charge in [0.1, 0.15) is 0 Å². The number of hydrogen-bond donors (Lipinski definition) is 0. The molecule has 0 unspecified atom stereocenters. The molecule has 0 aliphatic carbocycles. The predicted molar refractivity (Wildman–Crippen MR) is 69.4 cm³/mol. The molecule has 1 rings (SSSR count). The van der Waals surface area contributed by atoms with E-state index in [0.717, 1.165) is 10.7 Å². The normalized spacial score (nSPS) is 10.2. The number of carbonyl (C=O) groups excluding carboxylic acids is 2. The average Bonchev–Trinajstić information content (AvgIpc) is 2.72. The fourth-order valence-corrected chi connectivity index (χ4v) is 2.01. The number of thiazole rings is 1. The lowest BCUT2D eigenvalue weighted by Gasteiger charge is -2.15. The largest absolute Gasteiger partial charge is 0.466 e. The second-order valence-electron chi connectivity index (χ2n) is 3.90. The minimum absolute atomic E-state index is 0.0374. The number of amides is 1. The van der Waals surface area contributed by atoms with E-state index in [9.17, 15) is 9.59 Å². The molecule has 0 aromatic carbocycles. The zero-order chi connectivity index (χ0) is 13.5. The van der Waals surface area contributed by atoms with Crippen LogP contribution >= 0.6 is 11.3 Å². The number of hydrogen-bond acceptors (Lipinski definition) is 5. The number of nitrogens with zero attached hydrogens (tertiary/aromatic N) is 2. The molecule has 1 aromatic rings. The number of carbonyl (C=O) groups is 2. The first-order chi connectivity index (χ1) is 8.52. The Kier molecular flexibility index (Phi) is 5.77. The third-order valence-electron chi connectivity index (χ3n) is 2.38. The maximum atomic E-state index is 11.8. The van der Waals surface area contributed by atoms with Crippen molar-refractivity contribution in [2.45, 2.75) is 26.7 Å². The number of esters is 1. The Bertz CT molecular complexity index is 417. The molecular weight excluding hydrogens is 252 g/mol. The van der Waals surface area contributed by atoms with Gasteiger partial charge in [0.2, 0.25) is 5.91 Å². The molecule has 1 amide bonds. The van der Waals surface area contributed by atoms with Crippen LogP contribution in [0.4, 0.5) is 0 Å². The average molecular weight is 270 g/mol. The molecule has 0 aliphatic heterocycles. The topological polar surface area (TPSA) is 59.5 Å². The van der Waals surface area contributed by atoms with Gasteiger partial charge in [-0.3, -0.25) is 9.59 Å². The van der Waals surface area contributed by atoms with Crippen LogP contribution in [0, 0.1) is 6.92 Å². The van der Waals surface area contributed by atoms with Crippen LogP contribution in [0.2, 0.25) is 0 Å². The Morgan fingerprint density at radius 3 is 2.78 bits per heavy atom. The Balaban J connectivity index is 2.35. The first-order valence-electron chi connectivity index (χ1n) is 5.83. The van der Waals surface area contributed by atoms with Gasteiger partial charge >= 0.3 is 5.97 Å². The van der Waals surface area contributed by atoms with E-state index in [1.807, 2.05) is 12.3 Å². The Morgan fingerprint density at radius 1 is 1.50 bits per heavy atom. The summed E-state index contributed by atoms with van der Waals surface area (Å²) < 4.78 is 4.81. The number of likely N-dealkylation sites (N-methyl/N-ethyl adjacent to an activating group) is 1. The minimum Gasteiger partial charge on any atom is -0.466 e. The van der Waals surface area contributed by atoms with Crippen molar-refractivity contribution in [3.05, 3.63) is 16.1 Å². The summed E-state index contributed by atoms with van der Waals surface area (Å²) in [5.74, 6) is -0.314. The van der Waals surface area contributed by atoms with Crippen LogP contribution in [0.3, 0.4) is 0 Å². The van der Waals surface area contributed by atoms with Gasteiger partial charge in [0, 0.05) is 19.0 Å². The summed E-state index contributed by atoms with van der Waals surface area (Å²) in [5, 5.41) is 2.83. The number of aromatic nitrogens is 1. The monoisotopic (exact) mass is 270 g/mol. The summed E-state index contributed by atoms with van der Waals surface area (Å²) in [6.07, 6.45) is 0.510. The highest BCUT2D eigenvalue weighted by Gasteiger charge is 2.13. The summed E-state index contributed by atoms with van der Waals surface area (Å²) >= 11 is 1.53. The molecule has 18 heavy (non-hydrogen) atoms. The molecule has 0 spiro atoms. The Hall–Kier alpha value is -1.43. The van der Waals surface area contributed by atoms with E-state index < -0.39 is 0 Å². The quantitative estimate of drug-likeness (QED) is 0.733. The molecule has 100 valence electrons. The van der Waals surface area contributed by atoms with E-state index in [4.69, 9.17) is 4.74 Å². The van der Waals surface area contributed by atoms with Crippen molar-refractivity contribution in [1.82, 2.24) is 9.88 Å². The van der Waals surface area contributed by atoms with Crippen molar-refractivity contribution in [3.8, 4) is 0 Å². The van der Waals surface area contributed by atoms with Crippen molar-refractivity contribution < 1.29 is 14.3 Å². The zero-order valence-electron chi connectivity index (χ0n) is 10.9. The Morgan fingerprint density at radius 2 is 2.22 bits per heavy atom. The van der Waals surface area contributed by atoms with Gasteiger partial charge in [0.25, 0.3) is 0 Å². The first-order valence-corrected chi connectivity index (χ1v) is 6.71. The number of aryl methyl sites for hydroxylation is 1. The molecule has 6 heteroatoms. The van der Waals surface area contributed by atoms with Crippen LogP contribution in [-0.4, -0.2) is 42.0 Å². The molecule has 0 bridgehead atoms. The van der Waals surface area contributed by atoms with Crippen molar-refractivity contribution >= 4 is 23.2 Å². The lowest BCUT2D eigenvalue weighted by atomic mass is 10.3. The molecule has 0 fully saturated rings. The van der Waals surface area contributed by atoms with Gasteiger partial charge in [0.15, 0.2) is 0 Å². The lowest BCUT2D eigenvalue weighted by molar-refractivity contribution is -0.143. The fraction of sp³-hybridized carbons (Fsp3) is 0.583. The van der Waals surface area contributed by atoms with E-state index >= 15 is 0 Å². The van der Waals surface area contributed by atoms with Gasteiger partial charge in [0.05, 0.1) is 30.2 Å². The second kappa shape index (κ2) is 7.10. The van der Waals surface area contributed by atoms with Crippen molar-refractivity contribution in [2.24, 2.45) is 0 Å². The van der Waals surface area contributed by atoms with E-state index in [1.54, 1.807) is 14.0 Å². The third kappa shape index (κ3) is 4.83. The highest BCUT2D eigenvalue weighted by molar-refractivity contribution is 7.09. The van der Waals surface area contributed by atoms with E-state index in [-0.39, 0.29) is 24.7 Å². The SMILES string of the molecule is CCOC(=O)CCN(C)C(=O)Cc1csc(C)n1. The molecular formula is C12H18N2O3S. The standard InChI is InChI=1S/C12H18N2O3S/c1-4-17-12(16)5-6-14(3)11(15)7-10-8-18-9(2)13-10/h8H,4-7H2,1-3H3. The van der Waals surface area contributed by atoms with Crippen molar-refractivity contribution in [2.75, 3.05) is 20.2 Å². The summed E-state index contributed by atoms with van der Waals surface area (Å²) in [5.41, 5.74) is 0.783. The summed E-state index contributed by atoms with van der Waals surface area (Å²) in [6.45, 7) is 4.41. The van der Waals surface area contributed by atoms with Gasteiger partial charge in [-0.15, -0.1) is 11.3 Å². The molecule has 0 N–H and O–H groups in total. The van der Waals surface area contributed by atoms with Gasteiger partial charge < -0.3 is 9.64 Å². The lowest BCUT2D eigenvalue weighted by Crippen LogP contribution is -2.30. The van der Waals surface area contributed by atoms with Crippen LogP contribution in [0.25, 0.3) is 0 Å². The molecule has 0 atom stereocenters. The molecule has 0 radical (unpaired) electrons. The number of rotatable bonds is 6. The maximum absolute atomic E-state index is 11.8. The summed E-state index contributed by atoms with van der Waals surface area (Å²) in [4.78, 5) is 28.8. The van der Waals surface area contributed by atoms with E-state index in [0.29, 0.717) is 13.2 Å². The highest BCUT2D eigenvalue weighted by Crippen LogP contribution is 2.09. The molecule has 0 aliphatic rings. The van der Waals surface area contributed by atoms with E-state index in [2.05, 4.69) is 4.98 Å². The van der Waals surface area contributed by atoms with Crippen LogP contribution in [0.1, 0.15) is 24.0 Å². The molecule has 1 heterocycles. The van der Waals surface area contributed by atoms with Gasteiger partial charge in [-0.05, 0) is 13.8 Å². The maximum Gasteiger partial charge on any atom is 0.307 e. The van der Waals surface area contributed by atoms with Crippen molar-refractivity contribution in [3.63, 3.8) is 0 Å². The highest BCUT2D eigenvalue weighted by atomic mass is 32.1. The van der Waals surface area contributed by atoms with Gasteiger partial charge in [-0.2, -0.15) is 0 Å². The summed E-state index contributed by atoms with van der Waals surface area (Å²) in [7, 11) is 1.68. The third-order valence-corrected chi connectivity index (χ3v) is 3.20. The predicted octanol–water partition coefficient (Wildman–Crippen LogP) is 1.41. The minimum atomic E-state index is -0.276. The first kappa shape index (κ1) is 14.6. The molecule has 0 saturated heterocycles. The van der Waals surface area contributed by atoms with Crippen LogP contribution in [0.15, 0.2) is 5.38 Å². The van der Waals surface area contributed by atoms with Crippen LogP contribution < -0.4 is 0 Å². The fourth-order valence-electron chi connectivity index (χ4n) is 1.40. The van der Waals surface area contributed by atoms with Crippen LogP contribution in [-0.2, 0) is 20.7 Å². The molecule has 1 aromatic heterocycles. The zero-order valence-corrected chi connectivity index (χ0v) is 11.7. The Labute approximate surface area is 111 Å². The van der Waals surface area contributed by atoms with Gasteiger partial charge in [-0.25, -0.2) is 4.98 Å². The second-order valence-corrected chi connectivity index (χ2v) is 4.97. The van der Waals surface area contributed by atoms with E-state index in [1.165, 1.54) is 16.2 Å². The summed E-state index contributed by atoms with van der Waals surface area (Å²) in [6, 6.07) is 0.